The summed E-state index contributed by atoms with van der Waals surface area (Å²) in [7, 11) is -0.00373. The van der Waals surface area contributed by atoms with Gasteiger partial charge in [-0.2, -0.15) is 4.31 Å². The number of nitrogens with zero attached hydrogens (tertiary/aromatic N) is 2. The Balaban J connectivity index is 2.16. The maximum atomic E-state index is 12.5. The number of aromatic nitrogens is 1. The van der Waals surface area contributed by atoms with Crippen LogP contribution in [-0.4, -0.2) is 31.8 Å². The first-order valence-electron chi connectivity index (χ1n) is 6.12. The summed E-state index contributed by atoms with van der Waals surface area (Å²) in [4.78, 5) is 4.93. The molecule has 0 aliphatic heterocycles. The maximum absolute atomic E-state index is 12.5. The van der Waals surface area contributed by atoms with Crippen LogP contribution in [-0.2, 0) is 23.1 Å². The Morgan fingerprint density at radius 2 is 1.95 bits per heavy atom. The summed E-state index contributed by atoms with van der Waals surface area (Å²) in [5.74, 6) is 0. The van der Waals surface area contributed by atoms with Gasteiger partial charge in [0, 0.05) is 37.4 Å². The second-order valence-corrected chi connectivity index (χ2v) is 7.81. The highest BCUT2D eigenvalue weighted by Crippen LogP contribution is 2.25. The van der Waals surface area contributed by atoms with Crippen LogP contribution in [0.2, 0.25) is 0 Å². The molecule has 0 saturated heterocycles. The number of rotatable bonds is 6. The molecule has 5 nitrogen and oxygen atoms in total. The van der Waals surface area contributed by atoms with Crippen molar-refractivity contribution in [3.05, 3.63) is 47.1 Å². The lowest BCUT2D eigenvalue weighted by atomic mass is 10.3. The van der Waals surface area contributed by atoms with Crippen molar-refractivity contribution in [1.82, 2.24) is 14.6 Å². The molecule has 0 spiro atoms. The van der Waals surface area contributed by atoms with Crippen LogP contribution in [0.25, 0.3) is 0 Å². The van der Waals surface area contributed by atoms with Crippen LogP contribution in [0.4, 0.5) is 0 Å². The number of nitrogens with one attached hydrogen (secondary N) is 1. The van der Waals surface area contributed by atoms with E-state index in [1.165, 1.54) is 15.6 Å². The molecule has 20 heavy (non-hydrogen) atoms. The largest absolute Gasteiger partial charge is 0.315 e. The van der Waals surface area contributed by atoms with Crippen LogP contribution in [0.1, 0.15) is 10.4 Å². The summed E-state index contributed by atoms with van der Waals surface area (Å²) >= 11 is 1.30. The van der Waals surface area contributed by atoms with Crippen molar-refractivity contribution in [3.8, 4) is 0 Å². The summed E-state index contributed by atoms with van der Waals surface area (Å²) in [5, 5.41) is 3.01. The number of sulfonamides is 1. The normalized spacial score (nSPS) is 11.9. The summed E-state index contributed by atoms with van der Waals surface area (Å²) in [5.41, 5.74) is 0.915. The minimum Gasteiger partial charge on any atom is -0.315 e. The number of hydrogen-bond acceptors (Lipinski definition) is 5. The number of hydrogen-bond donors (Lipinski definition) is 1. The molecule has 0 bridgehead atoms. The van der Waals surface area contributed by atoms with Gasteiger partial charge in [0.05, 0.1) is 0 Å². The molecule has 2 heterocycles. The molecule has 2 aromatic heterocycles. The van der Waals surface area contributed by atoms with Crippen LogP contribution >= 0.6 is 11.3 Å². The van der Waals surface area contributed by atoms with Gasteiger partial charge >= 0.3 is 0 Å². The van der Waals surface area contributed by atoms with Crippen molar-refractivity contribution in [2.75, 3.05) is 14.1 Å². The topological polar surface area (TPSA) is 62.3 Å². The molecule has 1 N–H and O–H groups in total. The third-order valence-electron chi connectivity index (χ3n) is 2.81. The van der Waals surface area contributed by atoms with Crippen molar-refractivity contribution < 1.29 is 8.42 Å². The van der Waals surface area contributed by atoms with Crippen LogP contribution in [0, 0.1) is 0 Å². The number of thiophene rings is 1. The average Bonchev–Trinajstić information content (AvgIpc) is 2.89. The monoisotopic (exact) mass is 311 g/mol. The lowest BCUT2D eigenvalue weighted by Gasteiger charge is -2.15. The van der Waals surface area contributed by atoms with Gasteiger partial charge in [0.15, 0.2) is 0 Å². The van der Waals surface area contributed by atoms with Crippen molar-refractivity contribution in [2.24, 2.45) is 0 Å². The second kappa shape index (κ2) is 6.45. The summed E-state index contributed by atoms with van der Waals surface area (Å²) in [6.07, 6.45) is 3.32. The zero-order valence-electron chi connectivity index (χ0n) is 11.4. The van der Waals surface area contributed by atoms with Crippen molar-refractivity contribution in [1.29, 1.82) is 0 Å². The Morgan fingerprint density at radius 1 is 1.25 bits per heavy atom. The lowest BCUT2D eigenvalue weighted by molar-refractivity contribution is 0.468. The van der Waals surface area contributed by atoms with E-state index in [4.69, 9.17) is 0 Å². The highest BCUT2D eigenvalue weighted by atomic mass is 32.2. The maximum Gasteiger partial charge on any atom is 0.252 e. The number of pyridine rings is 1. The molecular formula is C13H17N3O2S2. The lowest BCUT2D eigenvalue weighted by Crippen LogP contribution is -2.25. The van der Waals surface area contributed by atoms with E-state index in [0.29, 0.717) is 17.3 Å². The SMILES string of the molecule is CNCc1ccc(S(=O)(=O)N(C)Cc2ccncc2)s1. The Bertz CT molecular complexity index is 653. The van der Waals surface area contributed by atoms with E-state index < -0.39 is 10.0 Å². The van der Waals surface area contributed by atoms with E-state index in [2.05, 4.69) is 10.3 Å². The van der Waals surface area contributed by atoms with E-state index in [-0.39, 0.29) is 0 Å². The predicted molar refractivity (Wildman–Crippen MR) is 80.0 cm³/mol. The molecule has 0 amide bonds. The van der Waals surface area contributed by atoms with Crippen LogP contribution < -0.4 is 5.32 Å². The van der Waals surface area contributed by atoms with Gasteiger partial charge in [-0.15, -0.1) is 11.3 Å². The Kier molecular flexibility index (Phi) is 4.87. The van der Waals surface area contributed by atoms with Crippen LogP contribution in [0.5, 0.6) is 0 Å². The molecule has 0 atom stereocenters. The first-order chi connectivity index (χ1) is 9.54. The van der Waals surface area contributed by atoms with Crippen molar-refractivity contribution in [2.45, 2.75) is 17.3 Å². The van der Waals surface area contributed by atoms with Gasteiger partial charge in [0.2, 0.25) is 0 Å². The molecular weight excluding hydrogens is 294 g/mol. The van der Waals surface area contributed by atoms with E-state index in [1.807, 2.05) is 25.2 Å². The van der Waals surface area contributed by atoms with Gasteiger partial charge in [-0.05, 0) is 36.9 Å². The molecule has 0 radical (unpaired) electrons. The highest BCUT2D eigenvalue weighted by Gasteiger charge is 2.22. The standard InChI is InChI=1S/C13H17N3O2S2/c1-14-9-12-3-4-13(19-12)20(17,18)16(2)10-11-5-7-15-8-6-11/h3-8,14H,9-10H2,1-2H3. The fourth-order valence-electron chi connectivity index (χ4n) is 1.75. The first kappa shape index (κ1) is 15.1. The fraction of sp³-hybridized carbons (Fsp3) is 0.308. The Morgan fingerprint density at radius 3 is 2.60 bits per heavy atom. The molecule has 0 aromatic carbocycles. The van der Waals surface area contributed by atoms with Gasteiger partial charge in [-0.1, -0.05) is 0 Å². The van der Waals surface area contributed by atoms with E-state index in [1.54, 1.807) is 25.5 Å². The van der Waals surface area contributed by atoms with E-state index >= 15 is 0 Å². The third-order valence-corrected chi connectivity index (χ3v) is 6.16. The molecule has 0 unspecified atom stereocenters. The molecule has 7 heteroatoms. The zero-order chi connectivity index (χ0) is 14.6. The minimum atomic E-state index is -3.43. The van der Waals surface area contributed by atoms with Gasteiger partial charge in [0.25, 0.3) is 10.0 Å². The first-order valence-corrected chi connectivity index (χ1v) is 8.38. The molecule has 0 aliphatic rings. The molecule has 0 aliphatic carbocycles. The predicted octanol–water partition coefficient (Wildman–Crippen LogP) is 1.68. The fourth-order valence-corrected chi connectivity index (χ4v) is 4.49. The average molecular weight is 311 g/mol. The van der Waals surface area contributed by atoms with Crippen molar-refractivity contribution >= 4 is 21.4 Å². The molecule has 2 aromatic rings. The summed E-state index contributed by atoms with van der Waals surface area (Å²) in [6.45, 7) is 1.01. The third kappa shape index (κ3) is 3.43. The Labute approximate surface area is 123 Å². The minimum absolute atomic E-state index is 0.337. The van der Waals surface area contributed by atoms with Crippen LogP contribution in [0.15, 0.2) is 40.9 Å². The quantitative estimate of drug-likeness (QED) is 0.882. The van der Waals surface area contributed by atoms with Gasteiger partial charge in [0.1, 0.15) is 4.21 Å². The van der Waals surface area contributed by atoms with Crippen LogP contribution in [0.3, 0.4) is 0 Å². The highest BCUT2D eigenvalue weighted by molar-refractivity contribution is 7.91. The van der Waals surface area contributed by atoms with Gasteiger partial charge in [-0.25, -0.2) is 8.42 Å². The smallest absolute Gasteiger partial charge is 0.252 e. The molecule has 2 rings (SSSR count). The van der Waals surface area contributed by atoms with E-state index in [9.17, 15) is 8.42 Å². The van der Waals surface area contributed by atoms with E-state index in [0.717, 1.165) is 10.4 Å². The second-order valence-electron chi connectivity index (χ2n) is 4.37. The van der Waals surface area contributed by atoms with Crippen molar-refractivity contribution in [3.63, 3.8) is 0 Å². The summed E-state index contributed by atoms with van der Waals surface area (Å²) in [6, 6.07) is 7.13. The summed E-state index contributed by atoms with van der Waals surface area (Å²) < 4.78 is 26.6. The molecule has 108 valence electrons. The van der Waals surface area contributed by atoms with Gasteiger partial charge in [-0.3, -0.25) is 4.98 Å². The van der Waals surface area contributed by atoms with Gasteiger partial charge < -0.3 is 5.32 Å². The molecule has 0 fully saturated rings. The molecule has 0 saturated carbocycles. The Hall–Kier alpha value is -1.28. The zero-order valence-corrected chi connectivity index (χ0v) is 13.0.